The highest BCUT2D eigenvalue weighted by atomic mass is 79.9. The van der Waals surface area contributed by atoms with Crippen LogP contribution in [0, 0.1) is 21.4 Å². The number of nitrogens with zero attached hydrogens (tertiary/aromatic N) is 2. The van der Waals surface area contributed by atoms with Crippen LogP contribution in [0.25, 0.3) is 11.6 Å². The molecule has 0 saturated carbocycles. The van der Waals surface area contributed by atoms with Crippen molar-refractivity contribution in [2.45, 2.75) is 0 Å². The highest BCUT2D eigenvalue weighted by Gasteiger charge is 2.17. The van der Waals surface area contributed by atoms with E-state index in [9.17, 15) is 20.5 Å². The summed E-state index contributed by atoms with van der Waals surface area (Å²) < 4.78 is 0.171. The van der Waals surface area contributed by atoms with Gasteiger partial charge in [0.15, 0.2) is 0 Å². The minimum atomic E-state index is -0.695. The van der Waals surface area contributed by atoms with Crippen molar-refractivity contribution < 1.29 is 10.0 Å². The lowest BCUT2D eigenvalue weighted by Gasteiger charge is -2.04. The molecular formula is C15H8BrClN2O3. The molecule has 0 aliphatic heterocycles. The molecule has 5 nitrogen and oxygen atoms in total. The predicted molar refractivity (Wildman–Crippen MR) is 87.4 cm³/mol. The molecule has 0 atom stereocenters. The van der Waals surface area contributed by atoms with E-state index in [1.165, 1.54) is 18.2 Å². The second-order valence-corrected chi connectivity index (χ2v) is 5.54. The monoisotopic (exact) mass is 378 g/mol. The van der Waals surface area contributed by atoms with Crippen molar-refractivity contribution >= 4 is 44.9 Å². The molecule has 110 valence electrons. The molecule has 0 radical (unpaired) electrons. The standard InChI is InChI=1S/C15H8BrClN2O3/c16-12-6-9(7-14(15(12)20)19(21)22)5-10(8-18)11-3-1-2-4-13(11)17/h1-7,20H. The van der Waals surface area contributed by atoms with Crippen molar-refractivity contribution in [1.29, 1.82) is 5.26 Å². The van der Waals surface area contributed by atoms with Crippen LogP contribution in [0.1, 0.15) is 11.1 Å². The second kappa shape index (κ2) is 6.60. The molecule has 0 aliphatic carbocycles. The summed E-state index contributed by atoms with van der Waals surface area (Å²) in [6, 6.07) is 11.5. The van der Waals surface area contributed by atoms with E-state index in [0.717, 1.165) is 0 Å². The molecular weight excluding hydrogens is 372 g/mol. The first-order valence-corrected chi connectivity index (χ1v) is 7.14. The number of phenolic OH excluding ortho intramolecular Hbond substituents is 1. The third kappa shape index (κ3) is 3.27. The summed E-state index contributed by atoms with van der Waals surface area (Å²) in [7, 11) is 0. The lowest BCUT2D eigenvalue weighted by atomic mass is 10.0. The Morgan fingerprint density at radius 2 is 2.09 bits per heavy atom. The van der Waals surface area contributed by atoms with Gasteiger partial charge in [-0.1, -0.05) is 29.8 Å². The number of nitro groups is 1. The summed E-state index contributed by atoms with van der Waals surface area (Å²) in [5, 5.41) is 30.3. The molecule has 7 heteroatoms. The zero-order valence-corrected chi connectivity index (χ0v) is 13.3. The number of hydrogen-bond acceptors (Lipinski definition) is 4. The van der Waals surface area contributed by atoms with Crippen LogP contribution in [0.15, 0.2) is 40.9 Å². The molecule has 1 N–H and O–H groups in total. The van der Waals surface area contributed by atoms with Crippen LogP contribution in [-0.4, -0.2) is 10.0 Å². The summed E-state index contributed by atoms with van der Waals surface area (Å²) in [5.41, 5.74) is 0.737. The Labute approximate surface area is 139 Å². The number of halogens is 2. The summed E-state index contributed by atoms with van der Waals surface area (Å²) >= 11 is 9.11. The minimum Gasteiger partial charge on any atom is -0.501 e. The topological polar surface area (TPSA) is 87.2 Å². The molecule has 2 aromatic rings. The Morgan fingerprint density at radius 1 is 1.41 bits per heavy atom. The zero-order valence-electron chi connectivity index (χ0n) is 11.0. The molecule has 22 heavy (non-hydrogen) atoms. The van der Waals surface area contributed by atoms with Gasteiger partial charge in [0, 0.05) is 16.7 Å². The van der Waals surface area contributed by atoms with Crippen LogP contribution < -0.4 is 0 Å². The Morgan fingerprint density at radius 3 is 2.68 bits per heavy atom. The van der Waals surface area contributed by atoms with Crippen LogP contribution in [0.4, 0.5) is 5.69 Å². The molecule has 0 amide bonds. The van der Waals surface area contributed by atoms with Crippen LogP contribution in [0.3, 0.4) is 0 Å². The first-order valence-electron chi connectivity index (χ1n) is 5.97. The highest BCUT2D eigenvalue weighted by molar-refractivity contribution is 9.10. The third-order valence-corrected chi connectivity index (χ3v) is 3.79. The normalized spacial score (nSPS) is 11.0. The van der Waals surface area contributed by atoms with Crippen molar-refractivity contribution in [3.05, 3.63) is 67.1 Å². The third-order valence-electron chi connectivity index (χ3n) is 2.86. The van der Waals surface area contributed by atoms with E-state index in [0.29, 0.717) is 16.1 Å². The van der Waals surface area contributed by atoms with Gasteiger partial charge in [-0.25, -0.2) is 0 Å². The summed E-state index contributed by atoms with van der Waals surface area (Å²) in [5.74, 6) is -0.460. The number of phenols is 1. The molecule has 0 spiro atoms. The van der Waals surface area contributed by atoms with Crippen molar-refractivity contribution in [3.8, 4) is 11.8 Å². The Hall–Kier alpha value is -2.36. The first-order chi connectivity index (χ1) is 10.4. The molecule has 0 aliphatic rings. The lowest BCUT2D eigenvalue weighted by Crippen LogP contribution is -1.91. The second-order valence-electron chi connectivity index (χ2n) is 4.28. The fourth-order valence-corrected chi connectivity index (χ4v) is 2.55. The fourth-order valence-electron chi connectivity index (χ4n) is 1.84. The largest absolute Gasteiger partial charge is 0.501 e. The average Bonchev–Trinajstić information content (AvgIpc) is 2.48. The Balaban J connectivity index is 2.59. The Bertz CT molecular complexity index is 828. The van der Waals surface area contributed by atoms with E-state index < -0.39 is 16.4 Å². The van der Waals surface area contributed by atoms with Gasteiger partial charge in [0.25, 0.3) is 0 Å². The first kappa shape index (κ1) is 16.0. The molecule has 0 fully saturated rings. The number of benzene rings is 2. The maximum absolute atomic E-state index is 10.9. The number of nitro benzene ring substituents is 1. The van der Waals surface area contributed by atoms with Crippen LogP contribution >= 0.6 is 27.5 Å². The van der Waals surface area contributed by atoms with Gasteiger partial charge < -0.3 is 5.11 Å². The van der Waals surface area contributed by atoms with Crippen molar-refractivity contribution in [2.24, 2.45) is 0 Å². The maximum Gasteiger partial charge on any atom is 0.312 e. The molecule has 0 saturated heterocycles. The summed E-state index contributed by atoms with van der Waals surface area (Å²) in [4.78, 5) is 10.2. The number of rotatable bonds is 3. The maximum atomic E-state index is 10.9. The van der Waals surface area contributed by atoms with E-state index in [4.69, 9.17) is 11.6 Å². The van der Waals surface area contributed by atoms with Gasteiger partial charge in [-0.15, -0.1) is 0 Å². The number of aromatic hydroxyl groups is 1. The summed E-state index contributed by atoms with van der Waals surface area (Å²) in [6.07, 6.45) is 1.47. The van der Waals surface area contributed by atoms with Gasteiger partial charge in [-0.3, -0.25) is 10.1 Å². The Kier molecular flexibility index (Phi) is 4.81. The van der Waals surface area contributed by atoms with Crippen LogP contribution in [0.5, 0.6) is 5.75 Å². The van der Waals surface area contributed by atoms with E-state index in [2.05, 4.69) is 15.9 Å². The lowest BCUT2D eigenvalue weighted by molar-refractivity contribution is -0.386. The number of hydrogen-bond donors (Lipinski definition) is 1. The smallest absolute Gasteiger partial charge is 0.312 e. The molecule has 0 bridgehead atoms. The predicted octanol–water partition coefficient (Wildman–Crippen LogP) is 4.78. The van der Waals surface area contributed by atoms with Gasteiger partial charge in [0.05, 0.1) is 21.0 Å². The minimum absolute atomic E-state index is 0.171. The van der Waals surface area contributed by atoms with E-state index in [-0.39, 0.29) is 10.0 Å². The van der Waals surface area contributed by atoms with Gasteiger partial charge in [-0.2, -0.15) is 5.26 Å². The van der Waals surface area contributed by atoms with E-state index in [1.807, 2.05) is 6.07 Å². The van der Waals surface area contributed by atoms with Gasteiger partial charge in [0.2, 0.25) is 5.75 Å². The molecule has 2 rings (SSSR count). The quantitative estimate of drug-likeness (QED) is 0.360. The van der Waals surface area contributed by atoms with E-state index in [1.54, 1.807) is 24.3 Å². The summed E-state index contributed by atoms with van der Waals surface area (Å²) in [6.45, 7) is 0. The van der Waals surface area contributed by atoms with Crippen molar-refractivity contribution in [3.63, 3.8) is 0 Å². The van der Waals surface area contributed by atoms with Gasteiger partial charge in [0.1, 0.15) is 0 Å². The zero-order chi connectivity index (χ0) is 16.3. The molecule has 0 aromatic heterocycles. The van der Waals surface area contributed by atoms with Gasteiger partial charge >= 0.3 is 5.69 Å². The average molecular weight is 380 g/mol. The number of nitriles is 1. The highest BCUT2D eigenvalue weighted by Crippen LogP contribution is 2.36. The molecule has 2 aromatic carbocycles. The fraction of sp³-hybridized carbons (Fsp3) is 0. The van der Waals surface area contributed by atoms with Crippen molar-refractivity contribution in [1.82, 2.24) is 0 Å². The van der Waals surface area contributed by atoms with Gasteiger partial charge in [-0.05, 0) is 39.7 Å². The molecule has 0 unspecified atom stereocenters. The van der Waals surface area contributed by atoms with Crippen LogP contribution in [0.2, 0.25) is 5.02 Å². The number of allylic oxidation sites excluding steroid dienone is 1. The van der Waals surface area contributed by atoms with Crippen molar-refractivity contribution in [2.75, 3.05) is 0 Å². The molecule has 0 heterocycles. The van der Waals surface area contributed by atoms with Crippen LogP contribution in [-0.2, 0) is 0 Å². The SMILES string of the molecule is N#CC(=Cc1cc(Br)c(O)c([N+](=O)[O-])c1)c1ccccc1Cl. The van der Waals surface area contributed by atoms with E-state index >= 15 is 0 Å².